The van der Waals surface area contributed by atoms with Gasteiger partial charge in [-0.05, 0) is 36.2 Å². The molecule has 3 aromatic carbocycles. The summed E-state index contributed by atoms with van der Waals surface area (Å²) in [5, 5.41) is 4.52. The Morgan fingerprint density at radius 1 is 0.929 bits per heavy atom. The van der Waals surface area contributed by atoms with Crippen molar-refractivity contribution in [2.24, 2.45) is 0 Å². The van der Waals surface area contributed by atoms with Crippen molar-refractivity contribution >= 4 is 55.8 Å². The van der Waals surface area contributed by atoms with Crippen LogP contribution in [0, 0.1) is 0 Å². The van der Waals surface area contributed by atoms with Gasteiger partial charge in [0.05, 0.1) is 22.1 Å². The van der Waals surface area contributed by atoms with E-state index in [9.17, 15) is 22.8 Å². The van der Waals surface area contributed by atoms with Gasteiger partial charge in [0.1, 0.15) is 10.6 Å². The predicted octanol–water partition coefficient (Wildman–Crippen LogP) is 5.86. The average molecular weight is 627 g/mol. The first-order chi connectivity index (χ1) is 20.1. The number of amides is 1. The van der Waals surface area contributed by atoms with Crippen LogP contribution in [0.2, 0.25) is 5.02 Å². The van der Waals surface area contributed by atoms with Crippen LogP contribution in [0.1, 0.15) is 33.2 Å². The third kappa shape index (κ3) is 7.24. The summed E-state index contributed by atoms with van der Waals surface area (Å²) in [6, 6.07) is 21.9. The predicted molar refractivity (Wildman–Crippen MR) is 161 cm³/mol. The molecule has 218 valence electrons. The molecular weight excluding hydrogens is 600 g/mol. The second-order valence-corrected chi connectivity index (χ2v) is 12.3. The first-order valence-electron chi connectivity index (χ1n) is 12.7. The van der Waals surface area contributed by atoms with E-state index in [2.05, 4.69) is 5.32 Å². The summed E-state index contributed by atoms with van der Waals surface area (Å²) < 4.78 is 37.8. The normalized spacial score (nSPS) is 11.2. The molecule has 0 aliphatic heterocycles. The molecule has 9 nitrogen and oxygen atoms in total. The minimum absolute atomic E-state index is 0.0413. The summed E-state index contributed by atoms with van der Waals surface area (Å²) >= 11 is 7.31. The lowest BCUT2D eigenvalue weighted by molar-refractivity contribution is -0.119. The Morgan fingerprint density at radius 3 is 2.26 bits per heavy atom. The molecule has 0 saturated heterocycles. The van der Waals surface area contributed by atoms with Gasteiger partial charge in [0.15, 0.2) is 6.61 Å². The third-order valence-electron chi connectivity index (χ3n) is 6.06. The first-order valence-corrected chi connectivity index (χ1v) is 15.4. The summed E-state index contributed by atoms with van der Waals surface area (Å²) in [4.78, 5) is 38.2. The van der Waals surface area contributed by atoms with Crippen LogP contribution in [0.25, 0.3) is 11.1 Å². The van der Waals surface area contributed by atoms with Gasteiger partial charge in [-0.1, -0.05) is 72.3 Å². The summed E-state index contributed by atoms with van der Waals surface area (Å²) in [5.74, 6) is -2.30. The van der Waals surface area contributed by atoms with Crippen molar-refractivity contribution in [2.45, 2.75) is 18.4 Å². The number of hydrogen-bond donors (Lipinski definition) is 1. The molecule has 4 aromatic rings. The fourth-order valence-corrected chi connectivity index (χ4v) is 6.34. The highest BCUT2D eigenvalue weighted by Gasteiger charge is 2.26. The Kier molecular flexibility index (Phi) is 10.1. The van der Waals surface area contributed by atoms with Gasteiger partial charge in [-0.2, -0.15) is 4.31 Å². The van der Waals surface area contributed by atoms with Gasteiger partial charge in [-0.3, -0.25) is 4.79 Å². The van der Waals surface area contributed by atoms with Gasteiger partial charge in [-0.15, -0.1) is 11.3 Å². The monoisotopic (exact) mass is 626 g/mol. The zero-order chi connectivity index (χ0) is 30.3. The van der Waals surface area contributed by atoms with E-state index in [4.69, 9.17) is 21.1 Å². The highest BCUT2D eigenvalue weighted by molar-refractivity contribution is 7.89. The van der Waals surface area contributed by atoms with Crippen molar-refractivity contribution in [3.63, 3.8) is 0 Å². The van der Waals surface area contributed by atoms with Gasteiger partial charge in [0, 0.05) is 24.5 Å². The number of esters is 2. The average Bonchev–Trinajstić information content (AvgIpc) is 3.40. The lowest BCUT2D eigenvalue weighted by Gasteiger charge is -2.18. The standard InChI is InChI=1S/C30H27ClN2O7S2/c1-3-39-30(36)27-24(21-12-8-5-9-13-21)19-41-28(27)32-26(34)18-40-29(35)23-16-22(14-15-25(23)31)42(37,38)33(2)17-20-10-6-4-7-11-20/h4-16,19H,3,17-18H2,1-2H3,(H,32,34). The number of thiophene rings is 1. The zero-order valence-electron chi connectivity index (χ0n) is 22.7. The minimum Gasteiger partial charge on any atom is -0.462 e. The van der Waals surface area contributed by atoms with Gasteiger partial charge < -0.3 is 14.8 Å². The van der Waals surface area contributed by atoms with Crippen molar-refractivity contribution in [1.29, 1.82) is 0 Å². The molecule has 0 bridgehead atoms. The number of sulfonamides is 1. The van der Waals surface area contributed by atoms with E-state index in [0.717, 1.165) is 32.8 Å². The van der Waals surface area contributed by atoms with E-state index < -0.39 is 34.5 Å². The first kappa shape index (κ1) is 30.9. The molecule has 0 aliphatic carbocycles. The van der Waals surface area contributed by atoms with Crippen molar-refractivity contribution in [3.05, 3.63) is 106 Å². The van der Waals surface area contributed by atoms with Crippen LogP contribution >= 0.6 is 22.9 Å². The number of anilines is 1. The number of benzene rings is 3. The van der Waals surface area contributed by atoms with Gasteiger partial charge in [-0.25, -0.2) is 18.0 Å². The molecule has 0 aliphatic rings. The van der Waals surface area contributed by atoms with Gasteiger partial charge in [0.2, 0.25) is 10.0 Å². The van der Waals surface area contributed by atoms with Crippen LogP contribution in [0.3, 0.4) is 0 Å². The summed E-state index contributed by atoms with van der Waals surface area (Å²) in [6.45, 7) is 1.23. The van der Waals surface area contributed by atoms with Crippen molar-refractivity contribution in [3.8, 4) is 11.1 Å². The number of halogens is 1. The Morgan fingerprint density at radius 2 is 1.60 bits per heavy atom. The smallest absolute Gasteiger partial charge is 0.341 e. The number of carbonyl (C=O) groups excluding carboxylic acids is 3. The minimum atomic E-state index is -3.98. The van der Waals surface area contributed by atoms with Crippen molar-refractivity contribution in [1.82, 2.24) is 4.31 Å². The second-order valence-electron chi connectivity index (χ2n) is 8.95. The number of hydrogen-bond acceptors (Lipinski definition) is 8. The van der Waals surface area contributed by atoms with Gasteiger partial charge in [0.25, 0.3) is 5.91 Å². The van der Waals surface area contributed by atoms with Crippen LogP contribution in [-0.2, 0) is 30.8 Å². The second kappa shape index (κ2) is 13.8. The van der Waals surface area contributed by atoms with E-state index in [1.807, 2.05) is 36.4 Å². The molecule has 0 radical (unpaired) electrons. The van der Waals surface area contributed by atoms with Crippen LogP contribution in [0.4, 0.5) is 5.00 Å². The van der Waals surface area contributed by atoms with Crippen LogP contribution in [0.15, 0.2) is 89.1 Å². The quantitative estimate of drug-likeness (QED) is 0.207. The highest BCUT2D eigenvalue weighted by atomic mass is 35.5. The molecule has 4 rings (SSSR count). The fourth-order valence-electron chi connectivity index (χ4n) is 3.98. The van der Waals surface area contributed by atoms with E-state index in [1.54, 1.807) is 36.6 Å². The Bertz CT molecular complexity index is 1690. The van der Waals surface area contributed by atoms with E-state index >= 15 is 0 Å². The Hall–Kier alpha value is -4.03. The molecule has 0 fully saturated rings. The van der Waals surface area contributed by atoms with Crippen LogP contribution in [0.5, 0.6) is 0 Å². The zero-order valence-corrected chi connectivity index (χ0v) is 25.1. The molecule has 0 atom stereocenters. The van der Waals surface area contributed by atoms with Crippen LogP contribution < -0.4 is 5.32 Å². The topological polar surface area (TPSA) is 119 Å². The number of nitrogens with zero attached hydrogens (tertiary/aromatic N) is 1. The lowest BCUT2D eigenvalue weighted by atomic mass is 10.0. The molecule has 1 heterocycles. The number of nitrogens with one attached hydrogen (secondary N) is 1. The summed E-state index contributed by atoms with van der Waals surface area (Å²) in [7, 11) is -2.55. The Labute approximate surface area is 252 Å². The molecule has 12 heteroatoms. The molecule has 0 saturated carbocycles. The molecule has 1 aromatic heterocycles. The number of rotatable bonds is 11. The van der Waals surface area contributed by atoms with E-state index in [-0.39, 0.29) is 39.2 Å². The maximum absolute atomic E-state index is 13.2. The summed E-state index contributed by atoms with van der Waals surface area (Å²) in [6.07, 6.45) is 0. The highest BCUT2D eigenvalue weighted by Crippen LogP contribution is 2.36. The SMILES string of the molecule is CCOC(=O)c1c(-c2ccccc2)csc1NC(=O)COC(=O)c1cc(S(=O)(=O)N(C)Cc2ccccc2)ccc1Cl. The summed E-state index contributed by atoms with van der Waals surface area (Å²) in [5.41, 5.74) is 2.12. The number of ether oxygens (including phenoxy) is 2. The largest absolute Gasteiger partial charge is 0.462 e. The van der Waals surface area contributed by atoms with E-state index in [0.29, 0.717) is 5.56 Å². The Balaban J connectivity index is 1.46. The van der Waals surface area contributed by atoms with E-state index in [1.165, 1.54) is 19.2 Å². The van der Waals surface area contributed by atoms with Crippen LogP contribution in [-0.4, -0.2) is 50.8 Å². The van der Waals surface area contributed by atoms with Gasteiger partial charge >= 0.3 is 11.9 Å². The molecular formula is C30H27ClN2O7S2. The van der Waals surface area contributed by atoms with Crippen molar-refractivity contribution in [2.75, 3.05) is 25.6 Å². The molecule has 1 amide bonds. The lowest BCUT2D eigenvalue weighted by Crippen LogP contribution is -2.27. The molecule has 1 N–H and O–H groups in total. The van der Waals surface area contributed by atoms with Crippen molar-refractivity contribution < 1.29 is 32.3 Å². The molecule has 0 unspecified atom stereocenters. The molecule has 42 heavy (non-hydrogen) atoms. The number of carbonyl (C=O) groups is 3. The maximum atomic E-state index is 13.2. The molecule has 0 spiro atoms. The maximum Gasteiger partial charge on any atom is 0.341 e. The third-order valence-corrected chi connectivity index (χ3v) is 9.08. The fraction of sp³-hybridized carbons (Fsp3) is 0.167.